The molecule has 0 aliphatic carbocycles. The Balaban J connectivity index is 1.68. The highest BCUT2D eigenvalue weighted by molar-refractivity contribution is 7.89. The van der Waals surface area contributed by atoms with Gasteiger partial charge in [0.15, 0.2) is 0 Å². The zero-order valence-corrected chi connectivity index (χ0v) is 18.2. The summed E-state index contributed by atoms with van der Waals surface area (Å²) in [5.74, 6) is -0.690. The number of nitrogens with zero attached hydrogens (tertiary/aromatic N) is 1. The van der Waals surface area contributed by atoms with Gasteiger partial charge in [0, 0.05) is 38.2 Å². The van der Waals surface area contributed by atoms with Gasteiger partial charge in [-0.2, -0.15) is 4.31 Å². The lowest BCUT2D eigenvalue weighted by Crippen LogP contribution is -2.44. The van der Waals surface area contributed by atoms with E-state index in [4.69, 9.17) is 4.74 Å². The Kier molecular flexibility index (Phi) is 8.18. The molecule has 0 atom stereocenters. The molecule has 1 fully saturated rings. The van der Waals surface area contributed by atoms with Gasteiger partial charge in [0.2, 0.25) is 15.9 Å². The van der Waals surface area contributed by atoms with Crippen LogP contribution in [0, 0.1) is 0 Å². The van der Waals surface area contributed by atoms with Crippen molar-refractivity contribution in [1.29, 1.82) is 0 Å². The van der Waals surface area contributed by atoms with Crippen LogP contribution in [0.4, 0.5) is 0 Å². The molecule has 162 valence electrons. The van der Waals surface area contributed by atoms with Crippen LogP contribution in [0.2, 0.25) is 0 Å². The summed E-state index contributed by atoms with van der Waals surface area (Å²) < 4.78 is 30.9. The van der Waals surface area contributed by atoms with E-state index >= 15 is 0 Å². The fraction of sp³-hybridized carbons (Fsp3) is 0.600. The lowest BCUT2D eigenvalue weighted by Gasteiger charge is -2.26. The standard InChI is InChI=1S/C20H31N3O5S/c1-20(2,3)17-6-4-16(5-7-17)19(25)22-9-8-18(24)21-10-15-29(26,27)23-11-13-28-14-12-23/h4-7H,8-15H2,1-3H3,(H,21,24)(H,22,25). The minimum atomic E-state index is -3.39. The predicted molar refractivity (Wildman–Crippen MR) is 111 cm³/mol. The SMILES string of the molecule is CC(C)(C)c1ccc(C(=O)NCCC(=O)NCCS(=O)(=O)N2CCOCC2)cc1. The molecule has 1 aliphatic heterocycles. The van der Waals surface area contributed by atoms with Crippen molar-refractivity contribution in [2.45, 2.75) is 32.6 Å². The minimum Gasteiger partial charge on any atom is -0.379 e. The highest BCUT2D eigenvalue weighted by atomic mass is 32.2. The summed E-state index contributed by atoms with van der Waals surface area (Å²) in [7, 11) is -3.39. The second kappa shape index (κ2) is 10.2. The van der Waals surface area contributed by atoms with Crippen molar-refractivity contribution >= 4 is 21.8 Å². The van der Waals surface area contributed by atoms with Crippen LogP contribution in [0.1, 0.15) is 43.1 Å². The van der Waals surface area contributed by atoms with Gasteiger partial charge in [-0.1, -0.05) is 32.9 Å². The molecule has 0 saturated carbocycles. The van der Waals surface area contributed by atoms with Gasteiger partial charge < -0.3 is 15.4 Å². The third-order valence-corrected chi connectivity index (χ3v) is 6.57. The first-order valence-electron chi connectivity index (χ1n) is 9.80. The molecule has 0 radical (unpaired) electrons. The topological polar surface area (TPSA) is 105 Å². The lowest BCUT2D eigenvalue weighted by molar-refractivity contribution is -0.120. The average Bonchev–Trinajstić information content (AvgIpc) is 2.68. The maximum Gasteiger partial charge on any atom is 0.251 e. The maximum absolute atomic E-state index is 12.2. The fourth-order valence-corrected chi connectivity index (χ4v) is 4.20. The normalized spacial score (nSPS) is 15.7. The molecule has 0 spiro atoms. The van der Waals surface area contributed by atoms with Crippen molar-refractivity contribution in [2.24, 2.45) is 0 Å². The second-order valence-corrected chi connectivity index (χ2v) is 10.1. The number of ether oxygens (including phenoxy) is 1. The molecule has 9 heteroatoms. The number of hydrogen-bond donors (Lipinski definition) is 2. The van der Waals surface area contributed by atoms with Crippen molar-refractivity contribution in [2.75, 3.05) is 45.1 Å². The van der Waals surface area contributed by atoms with Gasteiger partial charge in [-0.05, 0) is 23.1 Å². The summed E-state index contributed by atoms with van der Waals surface area (Å²) >= 11 is 0. The van der Waals surface area contributed by atoms with Crippen LogP contribution in [-0.4, -0.2) is 69.7 Å². The molecule has 2 rings (SSSR count). The van der Waals surface area contributed by atoms with E-state index in [0.717, 1.165) is 5.56 Å². The van der Waals surface area contributed by atoms with E-state index in [-0.39, 0.29) is 42.5 Å². The van der Waals surface area contributed by atoms with Gasteiger partial charge >= 0.3 is 0 Å². The predicted octanol–water partition coefficient (Wildman–Crippen LogP) is 0.882. The van der Waals surface area contributed by atoms with Crippen LogP contribution in [0.25, 0.3) is 0 Å². The molecule has 0 bridgehead atoms. The van der Waals surface area contributed by atoms with Crippen LogP contribution in [0.3, 0.4) is 0 Å². The Morgan fingerprint density at radius 1 is 1.03 bits per heavy atom. The van der Waals surface area contributed by atoms with Gasteiger partial charge in [-0.3, -0.25) is 9.59 Å². The van der Waals surface area contributed by atoms with Crippen molar-refractivity contribution < 1.29 is 22.7 Å². The third kappa shape index (κ3) is 7.41. The first-order chi connectivity index (χ1) is 13.6. The average molecular weight is 426 g/mol. The van der Waals surface area contributed by atoms with Crippen LogP contribution < -0.4 is 10.6 Å². The van der Waals surface area contributed by atoms with E-state index in [1.165, 1.54) is 4.31 Å². The summed E-state index contributed by atoms with van der Waals surface area (Å²) in [6.45, 7) is 8.02. The van der Waals surface area contributed by atoms with E-state index in [1.807, 2.05) is 12.1 Å². The Bertz CT molecular complexity index is 794. The Labute approximate surface area is 173 Å². The van der Waals surface area contributed by atoms with Crippen LogP contribution >= 0.6 is 0 Å². The van der Waals surface area contributed by atoms with Gasteiger partial charge in [-0.15, -0.1) is 0 Å². The number of carbonyl (C=O) groups is 2. The molecule has 1 aromatic carbocycles. The van der Waals surface area contributed by atoms with Gasteiger partial charge in [0.1, 0.15) is 0 Å². The summed E-state index contributed by atoms with van der Waals surface area (Å²) in [5.41, 5.74) is 1.69. The summed E-state index contributed by atoms with van der Waals surface area (Å²) in [6.07, 6.45) is 0.0867. The van der Waals surface area contributed by atoms with Gasteiger partial charge in [0.25, 0.3) is 5.91 Å². The van der Waals surface area contributed by atoms with E-state index in [0.29, 0.717) is 31.9 Å². The number of sulfonamides is 1. The van der Waals surface area contributed by atoms with E-state index in [2.05, 4.69) is 31.4 Å². The van der Waals surface area contributed by atoms with Gasteiger partial charge in [-0.25, -0.2) is 8.42 Å². The molecule has 1 aromatic rings. The van der Waals surface area contributed by atoms with Gasteiger partial charge in [0.05, 0.1) is 19.0 Å². The Morgan fingerprint density at radius 2 is 1.66 bits per heavy atom. The first kappa shape index (κ1) is 23.3. The van der Waals surface area contributed by atoms with Crippen LogP contribution in [-0.2, 0) is 25.0 Å². The van der Waals surface area contributed by atoms with Crippen molar-refractivity contribution in [1.82, 2.24) is 14.9 Å². The molecule has 1 aliphatic rings. The fourth-order valence-electron chi connectivity index (χ4n) is 2.87. The molecule has 2 N–H and O–H groups in total. The molecular weight excluding hydrogens is 394 g/mol. The summed E-state index contributed by atoms with van der Waals surface area (Å²) in [5, 5.41) is 5.29. The molecule has 29 heavy (non-hydrogen) atoms. The third-order valence-electron chi connectivity index (χ3n) is 4.70. The number of carbonyl (C=O) groups excluding carboxylic acids is 2. The van der Waals surface area contributed by atoms with Crippen molar-refractivity contribution in [3.8, 4) is 0 Å². The summed E-state index contributed by atoms with van der Waals surface area (Å²) in [4.78, 5) is 24.1. The second-order valence-electron chi connectivity index (χ2n) is 8.01. The molecule has 0 unspecified atom stereocenters. The molecular formula is C20H31N3O5S. The van der Waals surface area contributed by atoms with E-state index in [1.54, 1.807) is 12.1 Å². The number of morpholine rings is 1. The van der Waals surface area contributed by atoms with Crippen molar-refractivity contribution in [3.05, 3.63) is 35.4 Å². The number of rotatable bonds is 8. The number of hydrogen-bond acceptors (Lipinski definition) is 5. The number of amides is 2. The first-order valence-corrected chi connectivity index (χ1v) is 11.4. The van der Waals surface area contributed by atoms with E-state index < -0.39 is 10.0 Å². The number of nitrogens with one attached hydrogen (secondary N) is 2. The lowest BCUT2D eigenvalue weighted by atomic mass is 9.87. The summed E-state index contributed by atoms with van der Waals surface area (Å²) in [6, 6.07) is 7.39. The largest absolute Gasteiger partial charge is 0.379 e. The molecule has 8 nitrogen and oxygen atoms in total. The van der Waals surface area contributed by atoms with E-state index in [9.17, 15) is 18.0 Å². The maximum atomic E-state index is 12.2. The smallest absolute Gasteiger partial charge is 0.251 e. The highest BCUT2D eigenvalue weighted by Crippen LogP contribution is 2.22. The van der Waals surface area contributed by atoms with Crippen LogP contribution in [0.5, 0.6) is 0 Å². The molecule has 1 saturated heterocycles. The zero-order valence-electron chi connectivity index (χ0n) is 17.4. The van der Waals surface area contributed by atoms with Crippen LogP contribution in [0.15, 0.2) is 24.3 Å². The zero-order chi connectivity index (χ0) is 21.5. The Hall–Kier alpha value is -1.97. The molecule has 2 amide bonds. The van der Waals surface area contributed by atoms with Crippen molar-refractivity contribution in [3.63, 3.8) is 0 Å². The molecule has 1 heterocycles. The Morgan fingerprint density at radius 3 is 2.24 bits per heavy atom. The molecule has 0 aromatic heterocycles. The monoisotopic (exact) mass is 425 g/mol. The minimum absolute atomic E-state index is 0.0162. The number of benzene rings is 1. The highest BCUT2D eigenvalue weighted by Gasteiger charge is 2.24. The quantitative estimate of drug-likeness (QED) is 0.643.